The van der Waals surface area contributed by atoms with Gasteiger partial charge in [0.1, 0.15) is 0 Å². The van der Waals surface area contributed by atoms with Crippen LogP contribution in [-0.2, 0) is 19.7 Å². The second-order valence-corrected chi connectivity index (χ2v) is 7.48. The van der Waals surface area contributed by atoms with Gasteiger partial charge < -0.3 is 14.7 Å². The van der Waals surface area contributed by atoms with Crippen molar-refractivity contribution in [1.29, 1.82) is 0 Å². The van der Waals surface area contributed by atoms with Crippen molar-refractivity contribution in [3.8, 4) is 0 Å². The van der Waals surface area contributed by atoms with Crippen molar-refractivity contribution in [2.24, 2.45) is 5.41 Å². The van der Waals surface area contributed by atoms with Gasteiger partial charge >= 0.3 is 5.97 Å². The number of likely N-dealkylation sites (tertiary alicyclic amines) is 1. The molecule has 1 amide bonds. The zero-order valence-corrected chi connectivity index (χ0v) is 14.5. The Morgan fingerprint density at radius 3 is 2.33 bits per heavy atom. The second-order valence-electron chi connectivity index (χ2n) is 7.04. The predicted octanol–water partition coefficient (Wildman–Crippen LogP) is 2.71. The van der Waals surface area contributed by atoms with Crippen molar-refractivity contribution in [3.63, 3.8) is 0 Å². The first-order valence-electron chi connectivity index (χ1n) is 8.24. The molecule has 0 radical (unpaired) electrons. The number of carboxylic acids is 1. The molecule has 1 unspecified atom stereocenters. The Balaban J connectivity index is 1.91. The lowest BCUT2D eigenvalue weighted by molar-refractivity contribution is -0.148. The van der Waals surface area contributed by atoms with Gasteiger partial charge in [0.2, 0.25) is 5.91 Å². The summed E-state index contributed by atoms with van der Waals surface area (Å²) in [6.45, 7) is 3.51. The first-order valence-corrected chi connectivity index (χ1v) is 8.62. The Kier molecular flexibility index (Phi) is 4.58. The molecule has 2 fully saturated rings. The summed E-state index contributed by atoms with van der Waals surface area (Å²) < 4.78 is 5.47. The number of carboxylic acid groups (broad SMARTS) is 1. The topological polar surface area (TPSA) is 66.8 Å². The van der Waals surface area contributed by atoms with Crippen molar-refractivity contribution < 1.29 is 19.4 Å². The smallest absolute Gasteiger partial charge is 0.311 e. The highest BCUT2D eigenvalue weighted by Crippen LogP contribution is 2.40. The summed E-state index contributed by atoms with van der Waals surface area (Å²) in [5.74, 6) is -0.830. The largest absolute Gasteiger partial charge is 0.481 e. The lowest BCUT2D eigenvalue weighted by Crippen LogP contribution is -2.50. The van der Waals surface area contributed by atoms with Crippen molar-refractivity contribution in [2.75, 3.05) is 26.3 Å². The van der Waals surface area contributed by atoms with Gasteiger partial charge in [0.25, 0.3) is 0 Å². The molecule has 5 nitrogen and oxygen atoms in total. The van der Waals surface area contributed by atoms with Crippen LogP contribution in [-0.4, -0.2) is 48.2 Å². The molecule has 6 heteroatoms. The Morgan fingerprint density at radius 1 is 1.17 bits per heavy atom. The van der Waals surface area contributed by atoms with Crippen molar-refractivity contribution in [3.05, 3.63) is 34.9 Å². The Morgan fingerprint density at radius 2 is 1.79 bits per heavy atom. The predicted molar refractivity (Wildman–Crippen MR) is 90.1 cm³/mol. The highest BCUT2D eigenvalue weighted by molar-refractivity contribution is 6.30. The molecular formula is C18H22ClNO4. The van der Waals surface area contributed by atoms with Crippen LogP contribution in [0.3, 0.4) is 0 Å². The molecule has 1 atom stereocenters. The molecule has 3 rings (SSSR count). The first-order chi connectivity index (χ1) is 11.4. The highest BCUT2D eigenvalue weighted by atomic mass is 35.5. The summed E-state index contributed by atoms with van der Waals surface area (Å²) in [7, 11) is 0. The van der Waals surface area contributed by atoms with Crippen LogP contribution in [0.15, 0.2) is 24.3 Å². The number of ether oxygens (including phenoxy) is 1. The molecule has 130 valence electrons. The molecule has 24 heavy (non-hydrogen) atoms. The number of halogens is 1. The van der Waals surface area contributed by atoms with Crippen LogP contribution in [0.4, 0.5) is 0 Å². The Bertz CT molecular complexity index is 639. The van der Waals surface area contributed by atoms with Gasteiger partial charge in [-0.25, -0.2) is 0 Å². The zero-order valence-electron chi connectivity index (χ0n) is 13.8. The fraction of sp³-hybridized carbons (Fsp3) is 0.556. The summed E-state index contributed by atoms with van der Waals surface area (Å²) in [4.78, 5) is 26.6. The normalized spacial score (nSPS) is 26.3. The van der Waals surface area contributed by atoms with E-state index in [1.54, 1.807) is 24.0 Å². The van der Waals surface area contributed by atoms with E-state index in [9.17, 15) is 14.7 Å². The van der Waals surface area contributed by atoms with Gasteiger partial charge in [0.05, 0.1) is 10.8 Å². The third-order valence-electron chi connectivity index (χ3n) is 5.43. The monoisotopic (exact) mass is 351 g/mol. The molecule has 2 aliphatic rings. The maximum absolute atomic E-state index is 13.4. The van der Waals surface area contributed by atoms with Gasteiger partial charge in [-0.2, -0.15) is 0 Å². The maximum Gasteiger partial charge on any atom is 0.311 e. The van der Waals surface area contributed by atoms with Gasteiger partial charge in [-0.1, -0.05) is 23.7 Å². The zero-order chi connectivity index (χ0) is 17.4. The lowest BCUT2D eigenvalue weighted by atomic mass is 9.73. The van der Waals surface area contributed by atoms with Crippen LogP contribution >= 0.6 is 11.6 Å². The number of nitrogens with zero attached hydrogens (tertiary/aromatic N) is 1. The lowest BCUT2D eigenvalue weighted by Gasteiger charge is -2.39. The van der Waals surface area contributed by atoms with E-state index in [1.165, 1.54) is 0 Å². The molecule has 1 N–H and O–H groups in total. The first kappa shape index (κ1) is 17.2. The number of carbonyl (C=O) groups is 2. The van der Waals surface area contributed by atoms with Gasteiger partial charge in [-0.05, 0) is 43.9 Å². The number of benzene rings is 1. The summed E-state index contributed by atoms with van der Waals surface area (Å²) >= 11 is 5.99. The molecule has 2 aliphatic heterocycles. The summed E-state index contributed by atoms with van der Waals surface area (Å²) in [6.07, 6.45) is 1.70. The van der Waals surface area contributed by atoms with Crippen molar-refractivity contribution in [2.45, 2.75) is 31.6 Å². The van der Waals surface area contributed by atoms with Crippen LogP contribution in [0.5, 0.6) is 0 Å². The number of rotatable bonds is 3. The fourth-order valence-corrected chi connectivity index (χ4v) is 3.85. The van der Waals surface area contributed by atoms with Crippen LogP contribution in [0.25, 0.3) is 0 Å². The highest BCUT2D eigenvalue weighted by Gasteiger charge is 2.49. The minimum Gasteiger partial charge on any atom is -0.481 e. The molecule has 2 heterocycles. The second kappa shape index (κ2) is 6.37. The van der Waals surface area contributed by atoms with E-state index in [2.05, 4.69) is 0 Å². The average molecular weight is 352 g/mol. The number of amides is 1. The number of hydrogen-bond donors (Lipinski definition) is 1. The molecule has 2 saturated heterocycles. The number of aliphatic carboxylic acids is 1. The van der Waals surface area contributed by atoms with Gasteiger partial charge in [0, 0.05) is 31.3 Å². The SMILES string of the molecule is CC1(C(=O)O)CCN(C(=O)C2(c3ccc(Cl)cc3)CCOCC2)C1. The quantitative estimate of drug-likeness (QED) is 0.909. The molecule has 0 aliphatic carbocycles. The summed E-state index contributed by atoms with van der Waals surface area (Å²) in [6, 6.07) is 7.40. The standard InChI is InChI=1S/C18H22ClNO4/c1-17(16(22)23)6-9-20(12-17)15(21)18(7-10-24-11-8-18)13-2-4-14(19)5-3-13/h2-5H,6-12H2,1H3,(H,22,23). The fourth-order valence-electron chi connectivity index (χ4n) is 3.73. The van der Waals surface area contributed by atoms with Crippen molar-refractivity contribution >= 4 is 23.5 Å². The third kappa shape index (κ3) is 2.91. The minimum atomic E-state index is -0.859. The molecule has 0 spiro atoms. The maximum atomic E-state index is 13.4. The minimum absolute atomic E-state index is 0.0121. The van der Waals surface area contributed by atoms with Crippen LogP contribution < -0.4 is 0 Å². The third-order valence-corrected chi connectivity index (χ3v) is 5.68. The van der Waals surface area contributed by atoms with E-state index in [4.69, 9.17) is 16.3 Å². The van der Waals surface area contributed by atoms with Gasteiger partial charge in [0.15, 0.2) is 0 Å². The molecular weight excluding hydrogens is 330 g/mol. The Labute approximate surface area is 146 Å². The number of carbonyl (C=O) groups excluding carboxylic acids is 1. The Hall–Kier alpha value is -1.59. The van der Waals surface area contributed by atoms with Gasteiger partial charge in [-0.3, -0.25) is 9.59 Å². The van der Waals surface area contributed by atoms with Crippen LogP contribution in [0.1, 0.15) is 31.7 Å². The molecule has 0 saturated carbocycles. The van der Waals surface area contributed by atoms with E-state index < -0.39 is 16.8 Å². The van der Waals surface area contributed by atoms with Crippen LogP contribution in [0, 0.1) is 5.41 Å². The molecule has 1 aromatic rings. The summed E-state index contributed by atoms with van der Waals surface area (Å²) in [5.41, 5.74) is -0.571. The van der Waals surface area contributed by atoms with E-state index in [-0.39, 0.29) is 12.5 Å². The van der Waals surface area contributed by atoms with E-state index in [1.807, 2.05) is 12.1 Å². The average Bonchev–Trinajstić information content (AvgIpc) is 2.99. The molecule has 1 aromatic carbocycles. The van der Waals surface area contributed by atoms with Gasteiger partial charge in [-0.15, -0.1) is 0 Å². The van der Waals surface area contributed by atoms with E-state index in [0.29, 0.717) is 44.0 Å². The van der Waals surface area contributed by atoms with E-state index >= 15 is 0 Å². The van der Waals surface area contributed by atoms with E-state index in [0.717, 1.165) is 5.56 Å². The molecule has 0 bridgehead atoms. The van der Waals surface area contributed by atoms with Crippen LogP contribution in [0.2, 0.25) is 5.02 Å². The van der Waals surface area contributed by atoms with Crippen molar-refractivity contribution in [1.82, 2.24) is 4.90 Å². The molecule has 0 aromatic heterocycles. The summed E-state index contributed by atoms with van der Waals surface area (Å²) in [5, 5.41) is 10.1. The number of hydrogen-bond acceptors (Lipinski definition) is 3.